The van der Waals surface area contributed by atoms with Crippen LogP contribution in [0.5, 0.6) is 11.5 Å². The summed E-state index contributed by atoms with van der Waals surface area (Å²) >= 11 is 1.55. The van der Waals surface area contributed by atoms with E-state index in [4.69, 9.17) is 9.47 Å². The van der Waals surface area contributed by atoms with Crippen LogP contribution >= 0.6 is 11.3 Å². The van der Waals surface area contributed by atoms with Gasteiger partial charge in [-0.25, -0.2) is 0 Å². The van der Waals surface area contributed by atoms with Crippen molar-refractivity contribution in [2.24, 2.45) is 0 Å². The fourth-order valence-electron chi connectivity index (χ4n) is 1.52. The van der Waals surface area contributed by atoms with Crippen LogP contribution in [0, 0.1) is 0 Å². The molecule has 4 heteroatoms. The average Bonchev–Trinajstić information content (AvgIpc) is 2.92. The Morgan fingerprint density at radius 1 is 1.22 bits per heavy atom. The molecule has 0 bridgehead atoms. The summed E-state index contributed by atoms with van der Waals surface area (Å²) in [7, 11) is 1.58. The highest BCUT2D eigenvalue weighted by molar-refractivity contribution is 7.10. The van der Waals surface area contributed by atoms with E-state index in [0.29, 0.717) is 11.5 Å². The van der Waals surface area contributed by atoms with Gasteiger partial charge in [-0.05, 0) is 30.5 Å². The zero-order chi connectivity index (χ0) is 13.0. The van der Waals surface area contributed by atoms with E-state index < -0.39 is 0 Å². The van der Waals surface area contributed by atoms with E-state index in [2.05, 4.69) is 0 Å². The first-order chi connectivity index (χ1) is 8.70. The molecular weight excluding hydrogens is 248 g/mol. The lowest BCUT2D eigenvalue weighted by molar-refractivity contribution is -0.135. The number of esters is 1. The zero-order valence-corrected chi connectivity index (χ0v) is 11.1. The second kappa shape index (κ2) is 5.69. The van der Waals surface area contributed by atoms with Crippen molar-refractivity contribution >= 4 is 17.3 Å². The average molecular weight is 262 g/mol. The summed E-state index contributed by atoms with van der Waals surface area (Å²) in [6.45, 7) is 1.84. The van der Waals surface area contributed by atoms with Crippen LogP contribution in [0.3, 0.4) is 0 Å². The van der Waals surface area contributed by atoms with E-state index in [1.54, 1.807) is 42.7 Å². The van der Waals surface area contributed by atoms with Crippen LogP contribution in [0.15, 0.2) is 41.8 Å². The van der Waals surface area contributed by atoms with Crippen LogP contribution in [-0.4, -0.2) is 13.1 Å². The molecule has 0 N–H and O–H groups in total. The Labute approximate surface area is 110 Å². The van der Waals surface area contributed by atoms with E-state index in [0.717, 1.165) is 4.88 Å². The molecule has 3 nitrogen and oxygen atoms in total. The summed E-state index contributed by atoms with van der Waals surface area (Å²) in [4.78, 5) is 13.0. The molecule has 0 unspecified atom stereocenters. The summed E-state index contributed by atoms with van der Waals surface area (Å²) in [6.07, 6.45) is 0. The van der Waals surface area contributed by atoms with Crippen LogP contribution in [0.2, 0.25) is 0 Å². The third-order valence-corrected chi connectivity index (χ3v) is 3.64. The topological polar surface area (TPSA) is 35.5 Å². The highest BCUT2D eigenvalue weighted by atomic mass is 32.1. The minimum atomic E-state index is -0.259. The summed E-state index contributed by atoms with van der Waals surface area (Å²) in [5, 5.41) is 1.95. The van der Waals surface area contributed by atoms with Crippen LogP contribution in [0.25, 0.3) is 0 Å². The number of rotatable bonds is 4. The third kappa shape index (κ3) is 2.90. The maximum atomic E-state index is 12.0. The first-order valence-electron chi connectivity index (χ1n) is 5.60. The molecule has 1 aromatic heterocycles. The molecule has 0 saturated carbocycles. The Bertz CT molecular complexity index is 520. The molecule has 18 heavy (non-hydrogen) atoms. The summed E-state index contributed by atoms with van der Waals surface area (Å²) in [5.74, 6) is 0.661. The molecular formula is C14H14O3S. The standard InChI is InChI=1S/C14H14O3S/c1-10(13-7-4-8-18-13)14(15)17-12-6-3-5-11(9-12)16-2/h3-10H,1-2H3/t10-/m0/s1. The Morgan fingerprint density at radius 3 is 2.67 bits per heavy atom. The Balaban J connectivity index is 2.06. The van der Waals surface area contributed by atoms with Gasteiger partial charge in [0.15, 0.2) is 0 Å². The molecule has 1 atom stereocenters. The van der Waals surface area contributed by atoms with Crippen LogP contribution < -0.4 is 9.47 Å². The van der Waals surface area contributed by atoms with Crippen LogP contribution in [0.1, 0.15) is 17.7 Å². The second-order valence-electron chi connectivity index (χ2n) is 3.84. The highest BCUT2D eigenvalue weighted by Gasteiger charge is 2.18. The van der Waals surface area contributed by atoms with Gasteiger partial charge in [-0.3, -0.25) is 4.79 Å². The summed E-state index contributed by atoms with van der Waals surface area (Å²) in [5.41, 5.74) is 0. The lowest BCUT2D eigenvalue weighted by atomic mass is 10.1. The Hall–Kier alpha value is -1.81. The maximum absolute atomic E-state index is 12.0. The number of thiophene rings is 1. The van der Waals surface area contributed by atoms with Crippen molar-refractivity contribution in [1.29, 1.82) is 0 Å². The molecule has 0 amide bonds. The molecule has 0 aliphatic rings. The van der Waals surface area contributed by atoms with Gasteiger partial charge in [0.25, 0.3) is 0 Å². The normalized spacial score (nSPS) is 11.9. The minimum Gasteiger partial charge on any atom is -0.497 e. The Morgan fingerprint density at radius 2 is 2.00 bits per heavy atom. The van der Waals surface area contributed by atoms with Gasteiger partial charge in [0, 0.05) is 10.9 Å². The first kappa shape index (κ1) is 12.6. The minimum absolute atomic E-state index is 0.254. The lowest BCUT2D eigenvalue weighted by Gasteiger charge is -2.10. The number of hydrogen-bond donors (Lipinski definition) is 0. The van der Waals surface area contributed by atoms with Crippen LogP contribution in [0.4, 0.5) is 0 Å². The fraction of sp³-hybridized carbons (Fsp3) is 0.214. The summed E-state index contributed by atoms with van der Waals surface area (Å²) in [6, 6.07) is 10.9. The number of carbonyl (C=O) groups excluding carboxylic acids is 1. The molecule has 0 fully saturated rings. The molecule has 0 aliphatic heterocycles. The van der Waals surface area contributed by atoms with Gasteiger partial charge in [-0.2, -0.15) is 0 Å². The molecule has 0 spiro atoms. The van der Waals surface area contributed by atoms with Gasteiger partial charge in [0.1, 0.15) is 11.5 Å². The molecule has 0 aliphatic carbocycles. The number of hydrogen-bond acceptors (Lipinski definition) is 4. The third-order valence-electron chi connectivity index (χ3n) is 2.58. The highest BCUT2D eigenvalue weighted by Crippen LogP contribution is 2.24. The van der Waals surface area contributed by atoms with Gasteiger partial charge in [-0.1, -0.05) is 12.1 Å². The second-order valence-corrected chi connectivity index (χ2v) is 4.82. The number of benzene rings is 1. The van der Waals surface area contributed by atoms with E-state index >= 15 is 0 Å². The van der Waals surface area contributed by atoms with E-state index in [1.807, 2.05) is 24.4 Å². The smallest absolute Gasteiger partial charge is 0.319 e. The molecule has 1 heterocycles. The van der Waals surface area contributed by atoms with Crippen molar-refractivity contribution < 1.29 is 14.3 Å². The monoisotopic (exact) mass is 262 g/mol. The van der Waals surface area contributed by atoms with E-state index in [-0.39, 0.29) is 11.9 Å². The van der Waals surface area contributed by atoms with Crippen molar-refractivity contribution in [3.63, 3.8) is 0 Å². The van der Waals surface area contributed by atoms with E-state index in [9.17, 15) is 4.79 Å². The van der Waals surface area contributed by atoms with E-state index in [1.165, 1.54) is 0 Å². The quantitative estimate of drug-likeness (QED) is 0.625. The molecule has 94 valence electrons. The molecule has 0 saturated heterocycles. The number of carbonyl (C=O) groups is 1. The van der Waals surface area contributed by atoms with Gasteiger partial charge in [-0.15, -0.1) is 11.3 Å². The first-order valence-corrected chi connectivity index (χ1v) is 6.48. The van der Waals surface area contributed by atoms with Gasteiger partial charge in [0.2, 0.25) is 0 Å². The fourth-order valence-corrected chi connectivity index (χ4v) is 2.29. The number of ether oxygens (including phenoxy) is 2. The molecule has 1 aromatic carbocycles. The van der Waals surface area contributed by atoms with Crippen molar-refractivity contribution in [2.45, 2.75) is 12.8 Å². The van der Waals surface area contributed by atoms with Crippen molar-refractivity contribution in [3.8, 4) is 11.5 Å². The largest absolute Gasteiger partial charge is 0.497 e. The number of methoxy groups -OCH3 is 1. The molecule has 0 radical (unpaired) electrons. The summed E-state index contributed by atoms with van der Waals surface area (Å²) < 4.78 is 10.4. The lowest BCUT2D eigenvalue weighted by Crippen LogP contribution is -2.15. The zero-order valence-electron chi connectivity index (χ0n) is 10.3. The molecule has 2 rings (SSSR count). The van der Waals surface area contributed by atoms with Crippen LogP contribution in [-0.2, 0) is 4.79 Å². The van der Waals surface area contributed by atoms with Crippen molar-refractivity contribution in [3.05, 3.63) is 46.7 Å². The SMILES string of the molecule is COc1cccc(OC(=O)[C@@H](C)c2cccs2)c1. The van der Waals surface area contributed by atoms with Crippen molar-refractivity contribution in [1.82, 2.24) is 0 Å². The van der Waals surface area contributed by atoms with Crippen molar-refractivity contribution in [2.75, 3.05) is 7.11 Å². The van der Waals surface area contributed by atoms with Gasteiger partial charge >= 0.3 is 5.97 Å². The van der Waals surface area contributed by atoms with Gasteiger partial charge < -0.3 is 9.47 Å². The maximum Gasteiger partial charge on any atom is 0.319 e. The predicted octanol–water partition coefficient (Wildman–Crippen LogP) is 3.47. The Kier molecular flexibility index (Phi) is 3.99. The van der Waals surface area contributed by atoms with Gasteiger partial charge in [0.05, 0.1) is 13.0 Å². The molecule has 2 aromatic rings. The predicted molar refractivity (Wildman–Crippen MR) is 71.4 cm³/mol.